The summed E-state index contributed by atoms with van der Waals surface area (Å²) in [6.45, 7) is 0.0178. The maximum atomic E-state index is 13.5. The molecule has 138 valence electrons. The highest BCUT2D eigenvalue weighted by Crippen LogP contribution is 2.35. The van der Waals surface area contributed by atoms with E-state index in [1.807, 2.05) is 0 Å². The molecule has 0 unspecified atom stereocenters. The summed E-state index contributed by atoms with van der Waals surface area (Å²) in [5, 5.41) is 2.72. The number of hydrogen-bond acceptors (Lipinski definition) is 4. The molecule has 0 aliphatic carbocycles. The third kappa shape index (κ3) is 3.31. The molecule has 0 radical (unpaired) electrons. The van der Waals surface area contributed by atoms with E-state index >= 15 is 0 Å². The van der Waals surface area contributed by atoms with Gasteiger partial charge in [0.25, 0.3) is 10.0 Å². The zero-order valence-corrected chi connectivity index (χ0v) is 15.6. The van der Waals surface area contributed by atoms with Gasteiger partial charge in [0.05, 0.1) is 29.9 Å². The number of hydrogen-bond donors (Lipinski definition) is 1. The lowest BCUT2D eigenvalue weighted by Gasteiger charge is -2.24. The second-order valence-corrected chi connectivity index (χ2v) is 8.33. The van der Waals surface area contributed by atoms with Crippen molar-refractivity contribution >= 4 is 38.9 Å². The lowest BCUT2D eigenvalue weighted by Crippen LogP contribution is -2.30. The summed E-state index contributed by atoms with van der Waals surface area (Å²) in [6, 6.07) is 15.1. The standard InChI is InChI=1S/C19H15ClN2O4S/c20-16-11-17-13(10-19(23)21-17)9-18(16)27(24,25)22(12-15-7-4-8-26-15)14-5-2-1-3-6-14/h1-9,11H,10,12H2,(H,21,23). The van der Waals surface area contributed by atoms with Crippen molar-refractivity contribution in [3.05, 3.63) is 77.2 Å². The Hall–Kier alpha value is -2.77. The number of rotatable bonds is 5. The maximum absolute atomic E-state index is 13.5. The monoisotopic (exact) mass is 402 g/mol. The van der Waals surface area contributed by atoms with Crippen LogP contribution >= 0.6 is 11.6 Å². The minimum absolute atomic E-state index is 0.0178. The molecule has 0 saturated heterocycles. The van der Waals surface area contributed by atoms with Crippen molar-refractivity contribution in [2.45, 2.75) is 17.9 Å². The number of fused-ring (bicyclic) bond motifs is 1. The largest absolute Gasteiger partial charge is 0.467 e. The first-order valence-electron chi connectivity index (χ1n) is 8.17. The number of nitrogens with one attached hydrogen (secondary N) is 1. The lowest BCUT2D eigenvalue weighted by molar-refractivity contribution is -0.115. The third-order valence-electron chi connectivity index (χ3n) is 4.27. The normalized spacial score (nSPS) is 13.3. The highest BCUT2D eigenvalue weighted by Gasteiger charge is 2.31. The number of para-hydroxylation sites is 1. The van der Waals surface area contributed by atoms with E-state index < -0.39 is 10.0 Å². The summed E-state index contributed by atoms with van der Waals surface area (Å²) >= 11 is 6.27. The van der Waals surface area contributed by atoms with Crippen LogP contribution in [0.2, 0.25) is 5.02 Å². The van der Waals surface area contributed by atoms with Gasteiger partial charge in [-0.15, -0.1) is 0 Å². The van der Waals surface area contributed by atoms with Gasteiger partial charge < -0.3 is 9.73 Å². The molecule has 6 nitrogen and oxygen atoms in total. The molecule has 4 rings (SSSR count). The number of carbonyl (C=O) groups is 1. The molecule has 0 spiro atoms. The molecule has 2 heterocycles. The van der Waals surface area contributed by atoms with Crippen molar-refractivity contribution < 1.29 is 17.6 Å². The summed E-state index contributed by atoms with van der Waals surface area (Å²) in [5.74, 6) is 0.308. The topological polar surface area (TPSA) is 79.6 Å². The van der Waals surface area contributed by atoms with Gasteiger partial charge in [0.2, 0.25) is 5.91 Å². The minimum Gasteiger partial charge on any atom is -0.467 e. The molecule has 1 aromatic heterocycles. The summed E-state index contributed by atoms with van der Waals surface area (Å²) < 4.78 is 33.5. The van der Waals surface area contributed by atoms with Gasteiger partial charge in [-0.05, 0) is 42.0 Å². The average Bonchev–Trinajstić information content (AvgIpc) is 3.27. The number of halogens is 1. The molecule has 0 bridgehead atoms. The summed E-state index contributed by atoms with van der Waals surface area (Å²) in [5.41, 5.74) is 1.63. The Morgan fingerprint density at radius 1 is 1.11 bits per heavy atom. The minimum atomic E-state index is -4.00. The maximum Gasteiger partial charge on any atom is 0.266 e. The van der Waals surface area contributed by atoms with Gasteiger partial charge in [-0.3, -0.25) is 9.10 Å². The van der Waals surface area contributed by atoms with Gasteiger partial charge in [0, 0.05) is 5.69 Å². The van der Waals surface area contributed by atoms with E-state index in [1.165, 1.54) is 22.7 Å². The van der Waals surface area contributed by atoms with Crippen LogP contribution in [0, 0.1) is 0 Å². The van der Waals surface area contributed by atoms with Crippen LogP contribution in [-0.4, -0.2) is 14.3 Å². The zero-order chi connectivity index (χ0) is 19.0. The van der Waals surface area contributed by atoms with E-state index in [2.05, 4.69) is 5.32 Å². The Labute approximate surface area is 161 Å². The molecule has 1 aliphatic heterocycles. The molecule has 8 heteroatoms. The van der Waals surface area contributed by atoms with Crippen LogP contribution in [0.25, 0.3) is 0 Å². The second kappa shape index (κ2) is 6.75. The first kappa shape index (κ1) is 17.6. The van der Waals surface area contributed by atoms with Crippen LogP contribution in [0.4, 0.5) is 11.4 Å². The van der Waals surface area contributed by atoms with Crippen molar-refractivity contribution in [3.63, 3.8) is 0 Å². The Morgan fingerprint density at radius 3 is 2.59 bits per heavy atom. The highest BCUT2D eigenvalue weighted by atomic mass is 35.5. The van der Waals surface area contributed by atoms with Crippen LogP contribution in [0.1, 0.15) is 11.3 Å². The number of carbonyl (C=O) groups excluding carboxylic acids is 1. The van der Waals surface area contributed by atoms with E-state index in [0.717, 1.165) is 0 Å². The molecule has 0 fully saturated rings. The van der Waals surface area contributed by atoms with Gasteiger partial charge >= 0.3 is 0 Å². The van der Waals surface area contributed by atoms with Crippen LogP contribution in [0.3, 0.4) is 0 Å². The van der Waals surface area contributed by atoms with Crippen molar-refractivity contribution in [3.8, 4) is 0 Å². The molecule has 2 aromatic carbocycles. The molecule has 3 aromatic rings. The number of amides is 1. The van der Waals surface area contributed by atoms with Gasteiger partial charge in [0.1, 0.15) is 10.7 Å². The van der Waals surface area contributed by atoms with E-state index in [9.17, 15) is 13.2 Å². The van der Waals surface area contributed by atoms with E-state index in [1.54, 1.807) is 42.5 Å². The molecule has 27 heavy (non-hydrogen) atoms. The highest BCUT2D eigenvalue weighted by molar-refractivity contribution is 7.93. The van der Waals surface area contributed by atoms with Crippen LogP contribution in [0.5, 0.6) is 0 Å². The van der Waals surface area contributed by atoms with E-state index in [4.69, 9.17) is 16.0 Å². The Bertz CT molecular complexity index is 1100. The molecular weight excluding hydrogens is 388 g/mol. The first-order valence-corrected chi connectivity index (χ1v) is 9.99. The quantitative estimate of drug-likeness (QED) is 0.703. The molecule has 0 atom stereocenters. The Morgan fingerprint density at radius 2 is 1.89 bits per heavy atom. The summed E-state index contributed by atoms with van der Waals surface area (Å²) in [6.07, 6.45) is 1.61. The van der Waals surface area contributed by atoms with Crippen molar-refractivity contribution in [2.75, 3.05) is 9.62 Å². The van der Waals surface area contributed by atoms with E-state index in [0.29, 0.717) is 22.7 Å². The number of anilines is 2. The Kier molecular flexibility index (Phi) is 4.41. The van der Waals surface area contributed by atoms with Gasteiger partial charge in [-0.2, -0.15) is 0 Å². The molecule has 1 N–H and O–H groups in total. The van der Waals surface area contributed by atoms with Gasteiger partial charge in [0.15, 0.2) is 0 Å². The second-order valence-electron chi connectivity index (χ2n) is 6.09. The van der Waals surface area contributed by atoms with Crippen LogP contribution in [0.15, 0.2) is 70.2 Å². The van der Waals surface area contributed by atoms with Gasteiger partial charge in [-0.25, -0.2) is 8.42 Å². The van der Waals surface area contributed by atoms with Crippen molar-refractivity contribution in [2.24, 2.45) is 0 Å². The van der Waals surface area contributed by atoms with Crippen LogP contribution < -0.4 is 9.62 Å². The van der Waals surface area contributed by atoms with Crippen LogP contribution in [-0.2, 0) is 27.8 Å². The number of sulfonamides is 1. The first-order chi connectivity index (χ1) is 12.9. The SMILES string of the molecule is O=C1Cc2cc(S(=O)(=O)N(Cc3ccco3)c3ccccc3)c(Cl)cc2N1. The zero-order valence-electron chi connectivity index (χ0n) is 14.1. The fourth-order valence-electron chi connectivity index (χ4n) is 3.00. The average molecular weight is 403 g/mol. The predicted octanol–water partition coefficient (Wildman–Crippen LogP) is 3.82. The molecule has 1 aliphatic rings. The molecule has 1 amide bonds. The number of furan rings is 1. The Balaban J connectivity index is 1.82. The van der Waals surface area contributed by atoms with Crippen molar-refractivity contribution in [1.82, 2.24) is 0 Å². The van der Waals surface area contributed by atoms with E-state index in [-0.39, 0.29) is 28.8 Å². The smallest absolute Gasteiger partial charge is 0.266 e. The fourth-order valence-corrected chi connectivity index (χ4v) is 4.98. The number of benzene rings is 2. The van der Waals surface area contributed by atoms with Crippen molar-refractivity contribution in [1.29, 1.82) is 0 Å². The van der Waals surface area contributed by atoms with Gasteiger partial charge in [-0.1, -0.05) is 29.8 Å². The summed E-state index contributed by atoms with van der Waals surface area (Å²) in [7, 11) is -4.00. The molecular formula is C19H15ClN2O4S. The lowest BCUT2D eigenvalue weighted by atomic mass is 10.2. The third-order valence-corrected chi connectivity index (χ3v) is 6.51. The fraction of sp³-hybridized carbons (Fsp3) is 0.105. The predicted molar refractivity (Wildman–Crippen MR) is 102 cm³/mol. The summed E-state index contributed by atoms with van der Waals surface area (Å²) in [4.78, 5) is 11.6. The number of nitrogens with zero attached hydrogens (tertiary/aromatic N) is 1. The molecule has 0 saturated carbocycles.